The molecule has 0 radical (unpaired) electrons. The Bertz CT molecular complexity index is 893. The van der Waals surface area contributed by atoms with Crippen LogP contribution < -0.4 is 10.6 Å². The highest BCUT2D eigenvalue weighted by Gasteiger charge is 2.34. The van der Waals surface area contributed by atoms with E-state index in [1.165, 1.54) is 12.5 Å². The highest BCUT2D eigenvalue weighted by atomic mass is 32.2. The molecule has 2 aromatic rings. The second-order valence-electron chi connectivity index (χ2n) is 6.64. The summed E-state index contributed by atoms with van der Waals surface area (Å²) in [5, 5.41) is 5.94. The molecule has 144 valence electrons. The average molecular weight is 388 g/mol. The summed E-state index contributed by atoms with van der Waals surface area (Å²) in [6, 6.07) is 14.2. The van der Waals surface area contributed by atoms with Crippen LogP contribution in [0.3, 0.4) is 0 Å². The summed E-state index contributed by atoms with van der Waals surface area (Å²) in [5.41, 5.74) is 2.79. The van der Waals surface area contributed by atoms with Crippen molar-refractivity contribution < 1.29 is 13.2 Å². The minimum Gasteiger partial charge on any atom is -0.326 e. The normalized spacial score (nSPS) is 18.2. The van der Waals surface area contributed by atoms with E-state index >= 15 is 0 Å². The highest BCUT2D eigenvalue weighted by Crippen LogP contribution is 2.29. The van der Waals surface area contributed by atoms with E-state index in [0.29, 0.717) is 25.3 Å². The van der Waals surface area contributed by atoms with Crippen molar-refractivity contribution in [1.82, 2.24) is 9.62 Å². The molecule has 0 spiro atoms. The van der Waals surface area contributed by atoms with Gasteiger partial charge in [0.1, 0.15) is 0 Å². The third kappa shape index (κ3) is 4.37. The van der Waals surface area contributed by atoms with E-state index in [2.05, 4.69) is 29.7 Å². The number of hydrogen-bond donors (Lipinski definition) is 2. The predicted molar refractivity (Wildman–Crippen MR) is 106 cm³/mol. The van der Waals surface area contributed by atoms with Crippen molar-refractivity contribution in [3.63, 3.8) is 0 Å². The largest absolute Gasteiger partial charge is 0.326 e. The first-order chi connectivity index (χ1) is 12.9. The highest BCUT2D eigenvalue weighted by molar-refractivity contribution is 7.89. The fraction of sp³-hybridized carbons (Fsp3) is 0.350. The van der Waals surface area contributed by atoms with Gasteiger partial charge >= 0.3 is 0 Å². The summed E-state index contributed by atoms with van der Waals surface area (Å²) in [4.78, 5) is 11.4. The third-order valence-electron chi connectivity index (χ3n) is 4.75. The number of hydrogen-bond acceptors (Lipinski definition) is 4. The maximum absolute atomic E-state index is 13.2. The average Bonchev–Trinajstić information content (AvgIpc) is 2.68. The van der Waals surface area contributed by atoms with E-state index in [9.17, 15) is 13.2 Å². The number of piperazine rings is 1. The van der Waals surface area contributed by atoms with Gasteiger partial charge in [-0.15, -0.1) is 0 Å². The van der Waals surface area contributed by atoms with Crippen LogP contribution >= 0.6 is 0 Å². The van der Waals surface area contributed by atoms with Crippen LogP contribution in [0.2, 0.25) is 0 Å². The molecule has 1 aliphatic rings. The Kier molecular flexibility index (Phi) is 5.94. The number of nitrogens with zero attached hydrogens (tertiary/aromatic N) is 1. The smallest absolute Gasteiger partial charge is 0.243 e. The lowest BCUT2D eigenvalue weighted by Gasteiger charge is -2.35. The summed E-state index contributed by atoms with van der Waals surface area (Å²) in [6.07, 6.45) is 0.950. The zero-order valence-electron chi connectivity index (χ0n) is 15.6. The molecule has 1 aliphatic heterocycles. The number of rotatable bonds is 5. The van der Waals surface area contributed by atoms with Crippen molar-refractivity contribution in [1.29, 1.82) is 0 Å². The number of benzene rings is 2. The maximum atomic E-state index is 13.2. The molecule has 2 N–H and O–H groups in total. The van der Waals surface area contributed by atoms with Crippen molar-refractivity contribution in [2.24, 2.45) is 0 Å². The van der Waals surface area contributed by atoms with Crippen molar-refractivity contribution in [2.45, 2.75) is 31.2 Å². The summed E-state index contributed by atoms with van der Waals surface area (Å²) in [7, 11) is -3.64. The number of sulfonamides is 1. The van der Waals surface area contributed by atoms with E-state index in [0.717, 1.165) is 12.0 Å². The Morgan fingerprint density at radius 3 is 2.41 bits per heavy atom. The van der Waals surface area contributed by atoms with Gasteiger partial charge in [0.05, 0.1) is 10.9 Å². The fourth-order valence-electron chi connectivity index (χ4n) is 3.28. The van der Waals surface area contributed by atoms with Gasteiger partial charge in [-0.2, -0.15) is 4.31 Å². The Labute approximate surface area is 160 Å². The lowest BCUT2D eigenvalue weighted by Crippen LogP contribution is -2.48. The molecule has 27 heavy (non-hydrogen) atoms. The molecule has 1 atom stereocenters. The predicted octanol–water partition coefficient (Wildman–Crippen LogP) is 2.54. The van der Waals surface area contributed by atoms with Crippen LogP contribution in [0.4, 0.5) is 5.69 Å². The monoisotopic (exact) mass is 387 g/mol. The van der Waals surface area contributed by atoms with Crippen LogP contribution in [0.5, 0.6) is 0 Å². The quantitative estimate of drug-likeness (QED) is 0.826. The van der Waals surface area contributed by atoms with Gasteiger partial charge in [-0.25, -0.2) is 8.42 Å². The van der Waals surface area contributed by atoms with Crippen LogP contribution in [-0.2, 0) is 21.2 Å². The van der Waals surface area contributed by atoms with E-state index in [4.69, 9.17) is 0 Å². The summed E-state index contributed by atoms with van der Waals surface area (Å²) in [6.45, 7) is 5.12. The number of amides is 1. The Hall–Kier alpha value is -2.22. The van der Waals surface area contributed by atoms with Crippen molar-refractivity contribution in [2.75, 3.05) is 25.0 Å². The Morgan fingerprint density at radius 1 is 1.15 bits per heavy atom. The number of carbonyl (C=O) groups excluding carboxylic acids is 1. The molecule has 1 fully saturated rings. The maximum Gasteiger partial charge on any atom is 0.243 e. The van der Waals surface area contributed by atoms with Crippen molar-refractivity contribution in [3.05, 3.63) is 59.7 Å². The first kappa shape index (κ1) is 19.5. The molecule has 2 aromatic carbocycles. The van der Waals surface area contributed by atoms with Gasteiger partial charge in [0, 0.05) is 32.2 Å². The summed E-state index contributed by atoms with van der Waals surface area (Å²) in [5.74, 6) is -0.191. The van der Waals surface area contributed by atoms with Crippen LogP contribution in [0.15, 0.2) is 53.4 Å². The molecular weight excluding hydrogens is 362 g/mol. The lowest BCUT2D eigenvalue weighted by atomic mass is 10.0. The van der Waals surface area contributed by atoms with Crippen molar-refractivity contribution in [3.8, 4) is 0 Å². The molecule has 0 aromatic heterocycles. The molecule has 0 aliphatic carbocycles. The minimum atomic E-state index is -3.64. The molecule has 7 heteroatoms. The van der Waals surface area contributed by atoms with E-state index < -0.39 is 10.0 Å². The van der Waals surface area contributed by atoms with E-state index in [-0.39, 0.29) is 16.8 Å². The molecule has 0 bridgehead atoms. The zero-order chi connectivity index (χ0) is 19.4. The van der Waals surface area contributed by atoms with Crippen molar-refractivity contribution >= 4 is 21.6 Å². The zero-order valence-corrected chi connectivity index (χ0v) is 16.4. The number of nitrogens with one attached hydrogen (secondary N) is 2. The first-order valence-corrected chi connectivity index (χ1v) is 10.5. The molecule has 1 saturated heterocycles. The van der Waals surface area contributed by atoms with Crippen LogP contribution in [0, 0.1) is 0 Å². The molecule has 1 amide bonds. The van der Waals surface area contributed by atoms with Gasteiger partial charge in [0.15, 0.2) is 0 Å². The fourth-order valence-corrected chi connectivity index (χ4v) is 4.90. The van der Waals surface area contributed by atoms with Gasteiger partial charge in [-0.1, -0.05) is 31.2 Å². The van der Waals surface area contributed by atoms with Gasteiger partial charge in [-0.3, -0.25) is 4.79 Å². The molecular formula is C20H25N3O3S. The van der Waals surface area contributed by atoms with Crippen LogP contribution in [0.25, 0.3) is 0 Å². The lowest BCUT2D eigenvalue weighted by molar-refractivity contribution is -0.114. The van der Waals surface area contributed by atoms with Gasteiger partial charge in [0.25, 0.3) is 0 Å². The molecule has 1 heterocycles. The van der Waals surface area contributed by atoms with Crippen LogP contribution in [-0.4, -0.2) is 38.3 Å². The number of aryl methyl sites for hydroxylation is 1. The second-order valence-corrected chi connectivity index (χ2v) is 8.53. The topological polar surface area (TPSA) is 78.5 Å². The van der Waals surface area contributed by atoms with Crippen LogP contribution in [0.1, 0.15) is 31.0 Å². The van der Waals surface area contributed by atoms with Gasteiger partial charge in [-0.05, 0) is 41.8 Å². The third-order valence-corrected chi connectivity index (χ3v) is 6.67. The standard InChI is InChI=1S/C20H25N3O3S/c1-3-16-4-6-17(7-5-16)20-14-21-12-13-23(20)27(25,26)19-10-8-18(9-11-19)22-15(2)24/h4-11,20-21H,3,12-14H2,1-2H3,(H,22,24). The Balaban J connectivity index is 1.89. The van der Waals surface area contributed by atoms with Gasteiger partial charge < -0.3 is 10.6 Å². The number of carbonyl (C=O) groups is 1. The minimum absolute atomic E-state index is 0.191. The second kappa shape index (κ2) is 8.21. The number of anilines is 1. The molecule has 3 rings (SSSR count). The first-order valence-electron chi connectivity index (χ1n) is 9.11. The molecule has 6 nitrogen and oxygen atoms in total. The SMILES string of the molecule is CCc1ccc(C2CNCCN2S(=O)(=O)c2ccc(NC(C)=O)cc2)cc1. The molecule has 0 saturated carbocycles. The summed E-state index contributed by atoms with van der Waals surface area (Å²) >= 11 is 0. The van der Waals surface area contributed by atoms with Gasteiger partial charge in [0.2, 0.25) is 15.9 Å². The summed E-state index contributed by atoms with van der Waals surface area (Å²) < 4.78 is 28.0. The molecule has 1 unspecified atom stereocenters. The van der Waals surface area contributed by atoms with E-state index in [1.807, 2.05) is 12.1 Å². The Morgan fingerprint density at radius 2 is 1.81 bits per heavy atom. The van der Waals surface area contributed by atoms with E-state index in [1.54, 1.807) is 28.6 Å².